The van der Waals surface area contributed by atoms with Crippen LogP contribution in [0.1, 0.15) is 0 Å². The summed E-state index contributed by atoms with van der Waals surface area (Å²) in [7, 11) is 0. The number of benzene rings is 5. The number of phenols is 1. The summed E-state index contributed by atoms with van der Waals surface area (Å²) in [6, 6.07) is 43.5. The maximum Gasteiger partial charge on any atom is 0.116 e. The lowest BCUT2D eigenvalue weighted by Crippen LogP contribution is -1.93. The molecule has 1 heteroatoms. The van der Waals surface area contributed by atoms with E-state index in [1.807, 2.05) is 30.3 Å². The second kappa shape index (κ2) is 8.33. The Morgan fingerprint density at radius 3 is 1.29 bits per heavy atom. The van der Waals surface area contributed by atoms with Gasteiger partial charge in [0.2, 0.25) is 0 Å². The topological polar surface area (TPSA) is 20.2 Å². The Hall–Kier alpha value is -4.10. The summed E-state index contributed by atoms with van der Waals surface area (Å²) in [4.78, 5) is 0. The molecule has 0 amide bonds. The fraction of sp³-hybridized carbons (Fsp3) is 0. The monoisotopic (exact) mass is 398 g/mol. The molecular formula is C30H22O. The van der Waals surface area contributed by atoms with Crippen LogP contribution in [0.2, 0.25) is 0 Å². The lowest BCUT2D eigenvalue weighted by atomic mass is 9.84. The van der Waals surface area contributed by atoms with Crippen LogP contribution in [0.3, 0.4) is 0 Å². The highest BCUT2D eigenvalue weighted by molar-refractivity contribution is 5.97. The fourth-order valence-electron chi connectivity index (χ4n) is 4.10. The maximum absolute atomic E-state index is 10.2. The van der Waals surface area contributed by atoms with E-state index in [1.165, 1.54) is 11.1 Å². The molecule has 0 fully saturated rings. The minimum atomic E-state index is 0.266. The van der Waals surface area contributed by atoms with Gasteiger partial charge in [0.05, 0.1) is 0 Å². The maximum atomic E-state index is 10.2. The smallest absolute Gasteiger partial charge is 0.116 e. The Kier molecular flexibility index (Phi) is 5.08. The van der Waals surface area contributed by atoms with Gasteiger partial charge in [0.1, 0.15) is 5.75 Å². The third kappa shape index (κ3) is 3.86. The molecule has 5 aromatic rings. The van der Waals surface area contributed by atoms with E-state index >= 15 is 0 Å². The van der Waals surface area contributed by atoms with Gasteiger partial charge in [-0.25, -0.2) is 0 Å². The summed E-state index contributed by atoms with van der Waals surface area (Å²) in [5.74, 6) is 0.266. The summed E-state index contributed by atoms with van der Waals surface area (Å²) >= 11 is 0. The van der Waals surface area contributed by atoms with E-state index in [9.17, 15) is 5.11 Å². The van der Waals surface area contributed by atoms with Crippen LogP contribution < -0.4 is 0 Å². The number of aromatic hydroxyl groups is 1. The predicted molar refractivity (Wildman–Crippen MR) is 130 cm³/mol. The van der Waals surface area contributed by atoms with Gasteiger partial charge in [0.15, 0.2) is 0 Å². The van der Waals surface area contributed by atoms with Crippen molar-refractivity contribution in [3.63, 3.8) is 0 Å². The molecule has 0 radical (unpaired) electrons. The van der Waals surface area contributed by atoms with E-state index < -0.39 is 0 Å². The lowest BCUT2D eigenvalue weighted by Gasteiger charge is -2.19. The average Bonchev–Trinajstić information content (AvgIpc) is 2.85. The highest BCUT2D eigenvalue weighted by Crippen LogP contribution is 2.43. The Bertz CT molecular complexity index is 1250. The second-order valence-corrected chi connectivity index (χ2v) is 7.59. The van der Waals surface area contributed by atoms with E-state index in [0.29, 0.717) is 0 Å². The van der Waals surface area contributed by atoms with E-state index in [-0.39, 0.29) is 5.75 Å². The molecule has 0 aromatic heterocycles. The summed E-state index contributed by atoms with van der Waals surface area (Å²) < 4.78 is 0. The quantitative estimate of drug-likeness (QED) is 0.324. The SMILES string of the molecule is Oc1cccc(-c2c(-c3ccccc3)cc(-c3ccccc3)cc2-c2ccccc2)c1. The molecule has 148 valence electrons. The zero-order valence-electron chi connectivity index (χ0n) is 17.1. The van der Waals surface area contributed by atoms with Crippen LogP contribution in [0.5, 0.6) is 5.75 Å². The molecule has 0 aliphatic rings. The average molecular weight is 399 g/mol. The molecular weight excluding hydrogens is 376 g/mol. The molecule has 0 heterocycles. The van der Waals surface area contributed by atoms with Crippen molar-refractivity contribution < 1.29 is 5.11 Å². The Balaban J connectivity index is 1.88. The first-order chi connectivity index (χ1) is 15.3. The lowest BCUT2D eigenvalue weighted by molar-refractivity contribution is 0.475. The normalized spacial score (nSPS) is 10.7. The number of phenolic OH excluding ortho intramolecular Hbond substituents is 1. The largest absolute Gasteiger partial charge is 0.508 e. The zero-order chi connectivity index (χ0) is 21.0. The predicted octanol–water partition coefficient (Wildman–Crippen LogP) is 8.06. The van der Waals surface area contributed by atoms with E-state index in [2.05, 4.69) is 91.0 Å². The van der Waals surface area contributed by atoms with Gasteiger partial charge in [-0.3, -0.25) is 0 Å². The van der Waals surface area contributed by atoms with E-state index in [1.54, 1.807) is 6.07 Å². The standard InChI is InChI=1S/C30H22O/c31-27-18-10-17-25(19-27)30-28(23-13-6-2-7-14-23)20-26(22-11-4-1-5-12-22)21-29(30)24-15-8-3-9-16-24/h1-21,31H. The van der Waals surface area contributed by atoms with Crippen molar-refractivity contribution in [1.82, 2.24) is 0 Å². The van der Waals surface area contributed by atoms with Crippen LogP contribution >= 0.6 is 0 Å². The van der Waals surface area contributed by atoms with E-state index in [4.69, 9.17) is 0 Å². The Morgan fingerprint density at radius 2 is 0.806 bits per heavy atom. The third-order valence-electron chi connectivity index (χ3n) is 5.55. The number of hydrogen-bond acceptors (Lipinski definition) is 1. The van der Waals surface area contributed by atoms with Gasteiger partial charge in [-0.05, 0) is 68.8 Å². The molecule has 0 unspecified atom stereocenters. The highest BCUT2D eigenvalue weighted by atomic mass is 16.3. The van der Waals surface area contributed by atoms with Crippen molar-refractivity contribution in [1.29, 1.82) is 0 Å². The number of rotatable bonds is 4. The zero-order valence-corrected chi connectivity index (χ0v) is 17.1. The van der Waals surface area contributed by atoms with Crippen molar-refractivity contribution in [3.8, 4) is 50.3 Å². The molecule has 5 aromatic carbocycles. The third-order valence-corrected chi connectivity index (χ3v) is 5.55. The van der Waals surface area contributed by atoms with Crippen LogP contribution in [0.15, 0.2) is 127 Å². The minimum absolute atomic E-state index is 0.266. The molecule has 31 heavy (non-hydrogen) atoms. The summed E-state index contributed by atoms with van der Waals surface area (Å²) in [5.41, 5.74) is 9.05. The first-order valence-electron chi connectivity index (χ1n) is 10.4. The van der Waals surface area contributed by atoms with Crippen molar-refractivity contribution in [2.75, 3.05) is 0 Å². The molecule has 0 aliphatic carbocycles. The first kappa shape index (κ1) is 18.9. The molecule has 0 saturated heterocycles. The van der Waals surface area contributed by atoms with Crippen molar-refractivity contribution >= 4 is 0 Å². The van der Waals surface area contributed by atoms with E-state index in [0.717, 1.165) is 33.4 Å². The molecule has 5 rings (SSSR count). The summed E-state index contributed by atoms with van der Waals surface area (Å²) in [5, 5.41) is 10.2. The van der Waals surface area contributed by atoms with Crippen LogP contribution in [0.4, 0.5) is 0 Å². The van der Waals surface area contributed by atoms with Gasteiger partial charge in [0.25, 0.3) is 0 Å². The first-order valence-corrected chi connectivity index (χ1v) is 10.4. The molecule has 0 spiro atoms. The number of hydrogen-bond donors (Lipinski definition) is 1. The fourth-order valence-corrected chi connectivity index (χ4v) is 4.10. The Morgan fingerprint density at radius 1 is 0.355 bits per heavy atom. The summed E-state index contributed by atoms with van der Waals surface area (Å²) in [6.45, 7) is 0. The highest BCUT2D eigenvalue weighted by Gasteiger charge is 2.17. The van der Waals surface area contributed by atoms with Crippen LogP contribution in [-0.4, -0.2) is 5.11 Å². The van der Waals surface area contributed by atoms with Crippen molar-refractivity contribution in [3.05, 3.63) is 127 Å². The van der Waals surface area contributed by atoms with Crippen LogP contribution in [-0.2, 0) is 0 Å². The molecule has 0 saturated carbocycles. The van der Waals surface area contributed by atoms with Gasteiger partial charge in [-0.1, -0.05) is 103 Å². The van der Waals surface area contributed by atoms with Crippen molar-refractivity contribution in [2.24, 2.45) is 0 Å². The molecule has 1 N–H and O–H groups in total. The molecule has 0 atom stereocenters. The van der Waals surface area contributed by atoms with Gasteiger partial charge in [0, 0.05) is 0 Å². The van der Waals surface area contributed by atoms with Crippen LogP contribution in [0.25, 0.3) is 44.5 Å². The molecule has 0 bridgehead atoms. The van der Waals surface area contributed by atoms with Crippen molar-refractivity contribution in [2.45, 2.75) is 0 Å². The second-order valence-electron chi connectivity index (χ2n) is 7.59. The van der Waals surface area contributed by atoms with Gasteiger partial charge >= 0.3 is 0 Å². The summed E-state index contributed by atoms with van der Waals surface area (Å²) in [6.07, 6.45) is 0. The van der Waals surface area contributed by atoms with Gasteiger partial charge < -0.3 is 5.11 Å². The van der Waals surface area contributed by atoms with Gasteiger partial charge in [-0.15, -0.1) is 0 Å². The Labute approximate surface area is 182 Å². The van der Waals surface area contributed by atoms with Gasteiger partial charge in [-0.2, -0.15) is 0 Å². The molecule has 0 aliphatic heterocycles. The molecule has 1 nitrogen and oxygen atoms in total. The van der Waals surface area contributed by atoms with Crippen LogP contribution in [0, 0.1) is 0 Å². The minimum Gasteiger partial charge on any atom is -0.508 e.